The Bertz CT molecular complexity index is 1210. The molecule has 1 N–H and O–H groups in total. The van der Waals surface area contributed by atoms with Crippen molar-refractivity contribution in [3.63, 3.8) is 0 Å². The van der Waals surface area contributed by atoms with Crippen LogP contribution >= 0.6 is 23.2 Å². The van der Waals surface area contributed by atoms with Gasteiger partial charge in [-0.1, -0.05) is 59.6 Å². The summed E-state index contributed by atoms with van der Waals surface area (Å²) in [6.45, 7) is 0. The van der Waals surface area contributed by atoms with Crippen molar-refractivity contribution in [2.45, 2.75) is 18.9 Å². The molecule has 0 saturated carbocycles. The van der Waals surface area contributed by atoms with Gasteiger partial charge in [0.25, 0.3) is 0 Å². The number of hydrogen-bond donors (Lipinski definition) is 1. The van der Waals surface area contributed by atoms with Gasteiger partial charge in [-0.15, -0.1) is 0 Å². The van der Waals surface area contributed by atoms with Gasteiger partial charge >= 0.3 is 6.03 Å². The van der Waals surface area contributed by atoms with Crippen molar-refractivity contribution in [1.82, 2.24) is 5.01 Å². The minimum atomic E-state index is -0.316. The number of halogens is 2. The summed E-state index contributed by atoms with van der Waals surface area (Å²) in [6.07, 6.45) is 1.87. The molecular weight excluding hydrogens is 445 g/mol. The molecule has 3 aromatic carbocycles. The van der Waals surface area contributed by atoms with Crippen LogP contribution in [0.1, 0.15) is 29.2 Å². The first kappa shape index (κ1) is 20.9. The minimum absolute atomic E-state index is 0.109. The monoisotopic (exact) mass is 465 g/mol. The van der Waals surface area contributed by atoms with E-state index in [0.717, 1.165) is 35.4 Å². The molecule has 0 bridgehead atoms. The van der Waals surface area contributed by atoms with E-state index in [-0.39, 0.29) is 18.0 Å². The molecule has 0 saturated heterocycles. The Morgan fingerprint density at radius 1 is 1.06 bits per heavy atom. The van der Waals surface area contributed by atoms with E-state index in [1.807, 2.05) is 36.4 Å². The maximum Gasteiger partial charge on any atom is 0.342 e. The third-order valence-corrected chi connectivity index (χ3v) is 6.80. The average Bonchev–Trinajstić information content (AvgIpc) is 3.22. The predicted octanol–water partition coefficient (Wildman–Crippen LogP) is 6.56. The van der Waals surface area contributed by atoms with Gasteiger partial charge in [0.05, 0.1) is 28.9 Å². The van der Waals surface area contributed by atoms with Gasteiger partial charge in [-0.05, 0) is 54.3 Å². The number of anilines is 1. The molecule has 5 nitrogen and oxygen atoms in total. The molecular formula is C25H21Cl2N3O2. The molecule has 0 spiro atoms. The number of aryl methyl sites for hydroxylation is 1. The van der Waals surface area contributed by atoms with Crippen molar-refractivity contribution in [2.24, 2.45) is 11.0 Å². The Kier molecular flexibility index (Phi) is 5.53. The van der Waals surface area contributed by atoms with Gasteiger partial charge in [-0.2, -0.15) is 5.10 Å². The number of amides is 2. The first-order valence-electron chi connectivity index (χ1n) is 10.4. The third-order valence-electron chi connectivity index (χ3n) is 6.07. The fourth-order valence-corrected chi connectivity index (χ4v) is 4.82. The number of urea groups is 1. The standard InChI is InChI=1S/C25H21Cl2N3O2/c1-32-18-10-6-16(7-11-18)24-20-12-8-15-4-2-3-5-19(15)23(20)29-30(24)25(31)28-17-9-13-21(26)22(27)14-17/h2-7,9-11,13-14,20,24H,8,12H2,1H3,(H,28,31)/t20-,24+/m0/s1. The average molecular weight is 466 g/mol. The van der Waals surface area contributed by atoms with E-state index in [2.05, 4.69) is 17.4 Å². The van der Waals surface area contributed by atoms with Crippen LogP contribution in [0.3, 0.4) is 0 Å². The predicted molar refractivity (Wildman–Crippen MR) is 128 cm³/mol. The van der Waals surface area contributed by atoms with Gasteiger partial charge in [0, 0.05) is 17.2 Å². The topological polar surface area (TPSA) is 53.9 Å². The molecule has 0 unspecified atom stereocenters. The van der Waals surface area contributed by atoms with E-state index in [0.29, 0.717) is 15.7 Å². The molecule has 2 amide bonds. The fourth-order valence-electron chi connectivity index (χ4n) is 4.52. The number of nitrogens with zero attached hydrogens (tertiary/aromatic N) is 2. The largest absolute Gasteiger partial charge is 0.497 e. The highest BCUT2D eigenvalue weighted by atomic mass is 35.5. The zero-order valence-corrected chi connectivity index (χ0v) is 18.9. The summed E-state index contributed by atoms with van der Waals surface area (Å²) in [5.41, 5.74) is 4.92. The number of nitrogens with one attached hydrogen (secondary N) is 1. The van der Waals surface area contributed by atoms with Crippen molar-refractivity contribution in [3.05, 3.63) is 93.5 Å². The summed E-state index contributed by atoms with van der Waals surface area (Å²) < 4.78 is 5.31. The van der Waals surface area contributed by atoms with E-state index in [4.69, 9.17) is 33.0 Å². The molecule has 32 heavy (non-hydrogen) atoms. The highest BCUT2D eigenvalue weighted by Crippen LogP contribution is 2.44. The number of carbonyl (C=O) groups is 1. The highest BCUT2D eigenvalue weighted by Gasteiger charge is 2.43. The molecule has 1 aliphatic carbocycles. The Balaban J connectivity index is 1.53. The maximum atomic E-state index is 13.4. The first-order chi connectivity index (χ1) is 15.5. The number of ether oxygens (including phenoxy) is 1. The molecule has 3 aromatic rings. The van der Waals surface area contributed by atoms with Gasteiger partial charge in [-0.3, -0.25) is 0 Å². The van der Waals surface area contributed by atoms with Crippen LogP contribution in [0.2, 0.25) is 10.0 Å². The van der Waals surface area contributed by atoms with Crippen LogP contribution in [0.15, 0.2) is 71.8 Å². The van der Waals surface area contributed by atoms with Crippen molar-refractivity contribution in [3.8, 4) is 5.75 Å². The Morgan fingerprint density at radius 3 is 2.59 bits per heavy atom. The minimum Gasteiger partial charge on any atom is -0.497 e. The molecule has 0 fully saturated rings. The number of hydrazone groups is 1. The molecule has 2 aliphatic rings. The third kappa shape index (κ3) is 3.72. The summed E-state index contributed by atoms with van der Waals surface area (Å²) >= 11 is 12.1. The number of carbonyl (C=O) groups excluding carboxylic acids is 1. The van der Waals surface area contributed by atoms with E-state index in [9.17, 15) is 4.79 Å². The summed E-state index contributed by atoms with van der Waals surface area (Å²) in [6, 6.07) is 20.6. The van der Waals surface area contributed by atoms with Crippen LogP contribution in [0, 0.1) is 5.92 Å². The smallest absolute Gasteiger partial charge is 0.342 e. The zero-order chi connectivity index (χ0) is 22.2. The second kappa shape index (κ2) is 8.49. The zero-order valence-electron chi connectivity index (χ0n) is 17.4. The molecule has 7 heteroatoms. The molecule has 5 rings (SSSR count). The Hall–Kier alpha value is -3.02. The molecule has 0 radical (unpaired) electrons. The first-order valence-corrected chi connectivity index (χ1v) is 11.2. The van der Waals surface area contributed by atoms with E-state index in [1.54, 1.807) is 30.3 Å². The molecule has 162 valence electrons. The molecule has 1 aliphatic heterocycles. The highest BCUT2D eigenvalue weighted by molar-refractivity contribution is 6.42. The summed E-state index contributed by atoms with van der Waals surface area (Å²) in [5.74, 6) is 0.881. The summed E-state index contributed by atoms with van der Waals surface area (Å²) in [4.78, 5) is 13.4. The Morgan fingerprint density at radius 2 is 1.84 bits per heavy atom. The Labute approximate surface area is 196 Å². The van der Waals surface area contributed by atoms with Crippen LogP contribution in [0.5, 0.6) is 5.75 Å². The summed E-state index contributed by atoms with van der Waals surface area (Å²) in [5, 5.41) is 10.1. The van der Waals surface area contributed by atoms with E-state index >= 15 is 0 Å². The lowest BCUT2D eigenvalue weighted by Gasteiger charge is -2.29. The van der Waals surface area contributed by atoms with Crippen LogP contribution in [0.4, 0.5) is 10.5 Å². The van der Waals surface area contributed by atoms with Crippen LogP contribution < -0.4 is 10.1 Å². The molecule has 1 heterocycles. The number of hydrogen-bond acceptors (Lipinski definition) is 3. The van der Waals surface area contributed by atoms with Crippen LogP contribution in [0.25, 0.3) is 0 Å². The lowest BCUT2D eigenvalue weighted by atomic mass is 9.77. The van der Waals surface area contributed by atoms with Gasteiger partial charge < -0.3 is 10.1 Å². The van der Waals surface area contributed by atoms with E-state index < -0.39 is 0 Å². The van der Waals surface area contributed by atoms with E-state index in [1.165, 1.54) is 5.56 Å². The number of benzene rings is 3. The van der Waals surface area contributed by atoms with Crippen LogP contribution in [-0.2, 0) is 6.42 Å². The van der Waals surface area contributed by atoms with Gasteiger partial charge in [0.1, 0.15) is 5.75 Å². The van der Waals surface area contributed by atoms with Gasteiger partial charge in [0.2, 0.25) is 0 Å². The molecule has 0 aromatic heterocycles. The second-order valence-corrected chi connectivity index (χ2v) is 8.72. The lowest BCUT2D eigenvalue weighted by Crippen LogP contribution is -2.34. The maximum absolute atomic E-state index is 13.4. The normalized spacial score (nSPS) is 19.1. The van der Waals surface area contributed by atoms with Gasteiger partial charge in [0.15, 0.2) is 0 Å². The van der Waals surface area contributed by atoms with Crippen molar-refractivity contribution in [1.29, 1.82) is 0 Å². The van der Waals surface area contributed by atoms with Gasteiger partial charge in [-0.25, -0.2) is 9.80 Å². The summed E-state index contributed by atoms with van der Waals surface area (Å²) in [7, 11) is 1.64. The van der Waals surface area contributed by atoms with Crippen molar-refractivity contribution in [2.75, 3.05) is 12.4 Å². The number of rotatable bonds is 3. The number of methoxy groups -OCH3 is 1. The van der Waals surface area contributed by atoms with Crippen LogP contribution in [-0.4, -0.2) is 23.9 Å². The fraction of sp³-hybridized carbons (Fsp3) is 0.200. The van der Waals surface area contributed by atoms with Crippen molar-refractivity contribution >= 4 is 40.6 Å². The van der Waals surface area contributed by atoms with Crippen molar-refractivity contribution < 1.29 is 9.53 Å². The second-order valence-electron chi connectivity index (χ2n) is 7.91. The number of fused-ring (bicyclic) bond motifs is 3. The SMILES string of the molecule is COc1ccc([C@@H]2[C@H]3CCc4ccccc4C3=NN2C(=O)Nc2ccc(Cl)c(Cl)c2)cc1. The lowest BCUT2D eigenvalue weighted by molar-refractivity contribution is 0.188. The quantitative estimate of drug-likeness (QED) is 0.476. The molecule has 2 atom stereocenters.